The van der Waals surface area contributed by atoms with Gasteiger partial charge in [-0.1, -0.05) is 30.3 Å². The average Bonchev–Trinajstić information content (AvgIpc) is 2.77. The molecule has 0 aromatic heterocycles. The van der Waals surface area contributed by atoms with Crippen LogP contribution in [-0.4, -0.2) is 30.7 Å². The largest absolute Gasteiger partial charge is 0.493 e. The summed E-state index contributed by atoms with van der Waals surface area (Å²) in [6.07, 6.45) is -0.494. The Labute approximate surface area is 179 Å². The van der Waals surface area contributed by atoms with Crippen LogP contribution in [0.3, 0.4) is 0 Å². The first-order valence-corrected chi connectivity index (χ1v) is 9.76. The maximum absolute atomic E-state index is 13.5. The molecule has 2 N–H and O–H groups in total. The molecular formula is C24H22N2O5. The van der Waals surface area contributed by atoms with E-state index in [1.54, 1.807) is 29.2 Å². The van der Waals surface area contributed by atoms with Gasteiger partial charge in [-0.25, -0.2) is 4.79 Å². The first-order valence-electron chi connectivity index (χ1n) is 9.76. The molecule has 1 amide bonds. The lowest BCUT2D eigenvalue weighted by Crippen LogP contribution is -2.43. The molecule has 0 fully saturated rings. The molecule has 1 aliphatic rings. The highest BCUT2D eigenvalue weighted by Crippen LogP contribution is 2.39. The van der Waals surface area contributed by atoms with Crippen LogP contribution in [0, 0.1) is 6.92 Å². The Morgan fingerprint density at radius 3 is 2.61 bits per heavy atom. The molecule has 7 nitrogen and oxygen atoms in total. The second-order valence-electron chi connectivity index (χ2n) is 7.20. The number of para-hydroxylation sites is 1. The van der Waals surface area contributed by atoms with Crippen LogP contribution < -0.4 is 19.7 Å². The van der Waals surface area contributed by atoms with Crippen molar-refractivity contribution in [1.82, 2.24) is 0 Å². The molecule has 1 heterocycles. The van der Waals surface area contributed by atoms with E-state index < -0.39 is 18.7 Å². The molecule has 7 heteroatoms. The minimum atomic E-state index is -1.08. The van der Waals surface area contributed by atoms with Crippen LogP contribution in [0.25, 0.3) is 0 Å². The van der Waals surface area contributed by atoms with E-state index in [-0.39, 0.29) is 5.91 Å². The number of aryl methyl sites for hydroxylation is 1. The number of aliphatic carboxylic acids is 1. The maximum atomic E-state index is 13.5. The number of amides is 1. The lowest BCUT2D eigenvalue weighted by molar-refractivity contribution is -0.139. The van der Waals surface area contributed by atoms with Gasteiger partial charge in [-0.15, -0.1) is 0 Å². The summed E-state index contributed by atoms with van der Waals surface area (Å²) < 4.78 is 10.7. The number of carbonyl (C=O) groups excluding carboxylic acids is 1. The van der Waals surface area contributed by atoms with E-state index in [0.29, 0.717) is 17.1 Å². The van der Waals surface area contributed by atoms with Crippen molar-refractivity contribution >= 4 is 23.3 Å². The lowest BCUT2D eigenvalue weighted by atomic mass is 10.0. The highest BCUT2D eigenvalue weighted by atomic mass is 16.5. The van der Waals surface area contributed by atoms with Crippen LogP contribution in [0.2, 0.25) is 0 Å². The molecule has 0 bridgehead atoms. The fourth-order valence-electron chi connectivity index (χ4n) is 3.64. The van der Waals surface area contributed by atoms with Crippen molar-refractivity contribution in [2.45, 2.75) is 13.1 Å². The molecule has 158 valence electrons. The molecule has 1 atom stereocenters. The fraction of sp³-hybridized carbons (Fsp3) is 0.167. The standard InChI is InChI=1S/C24H22N2O5/c1-15-6-5-7-17(12-15)26-23(25-19-9-4-3-8-18(19)24(26)29)16-10-11-20(21(13-16)30-2)31-14-22(27)28/h3-13,23,25H,14H2,1-2H3,(H,27,28)/t23-/m0/s1. The topological polar surface area (TPSA) is 88.1 Å². The number of benzene rings is 3. The van der Waals surface area contributed by atoms with Gasteiger partial charge in [0.15, 0.2) is 18.1 Å². The van der Waals surface area contributed by atoms with E-state index in [2.05, 4.69) is 5.32 Å². The van der Waals surface area contributed by atoms with Crippen molar-refractivity contribution in [3.8, 4) is 11.5 Å². The SMILES string of the molecule is COc1cc([C@H]2Nc3ccccc3C(=O)N2c2cccc(C)c2)ccc1OCC(=O)O. The van der Waals surface area contributed by atoms with Gasteiger partial charge >= 0.3 is 5.97 Å². The van der Waals surface area contributed by atoms with Gasteiger partial charge in [-0.05, 0) is 54.4 Å². The summed E-state index contributed by atoms with van der Waals surface area (Å²) >= 11 is 0. The molecule has 3 aromatic carbocycles. The Kier molecular flexibility index (Phi) is 5.49. The lowest BCUT2D eigenvalue weighted by Gasteiger charge is -2.38. The third-order valence-corrected chi connectivity index (χ3v) is 5.06. The smallest absolute Gasteiger partial charge is 0.341 e. The van der Waals surface area contributed by atoms with Crippen LogP contribution >= 0.6 is 0 Å². The number of hydrogen-bond acceptors (Lipinski definition) is 5. The van der Waals surface area contributed by atoms with Gasteiger partial charge < -0.3 is 19.9 Å². The number of fused-ring (bicyclic) bond motifs is 1. The Morgan fingerprint density at radius 2 is 1.87 bits per heavy atom. The number of anilines is 2. The van der Waals surface area contributed by atoms with Crippen LogP contribution in [0.1, 0.15) is 27.7 Å². The third-order valence-electron chi connectivity index (χ3n) is 5.06. The average molecular weight is 418 g/mol. The molecule has 31 heavy (non-hydrogen) atoms. The molecule has 0 saturated heterocycles. The predicted octanol–water partition coefficient (Wildman–Crippen LogP) is 4.24. The zero-order valence-electron chi connectivity index (χ0n) is 17.2. The van der Waals surface area contributed by atoms with E-state index in [9.17, 15) is 9.59 Å². The molecule has 3 aromatic rings. The van der Waals surface area contributed by atoms with E-state index >= 15 is 0 Å². The molecule has 0 aliphatic carbocycles. The van der Waals surface area contributed by atoms with Crippen LogP contribution in [0.5, 0.6) is 11.5 Å². The highest BCUT2D eigenvalue weighted by molar-refractivity contribution is 6.12. The molecule has 0 spiro atoms. The maximum Gasteiger partial charge on any atom is 0.341 e. The van der Waals surface area contributed by atoms with Gasteiger partial charge in [-0.2, -0.15) is 0 Å². The minimum absolute atomic E-state index is 0.116. The quantitative estimate of drug-likeness (QED) is 0.623. The number of carboxylic acids is 1. The second kappa shape index (κ2) is 8.39. The number of ether oxygens (including phenoxy) is 2. The number of nitrogens with one attached hydrogen (secondary N) is 1. The van der Waals surface area contributed by atoms with Crippen molar-refractivity contribution in [3.05, 3.63) is 83.4 Å². The van der Waals surface area contributed by atoms with E-state index in [1.807, 2.05) is 49.4 Å². The predicted molar refractivity (Wildman–Crippen MR) is 117 cm³/mol. The van der Waals surface area contributed by atoms with Crippen LogP contribution in [-0.2, 0) is 4.79 Å². The van der Waals surface area contributed by atoms with Crippen molar-refractivity contribution in [2.75, 3.05) is 23.9 Å². The van der Waals surface area contributed by atoms with E-state index in [0.717, 1.165) is 22.5 Å². The van der Waals surface area contributed by atoms with Gasteiger partial charge in [-0.3, -0.25) is 9.69 Å². The second-order valence-corrected chi connectivity index (χ2v) is 7.20. The monoisotopic (exact) mass is 418 g/mol. The molecule has 4 rings (SSSR count). The van der Waals surface area contributed by atoms with Crippen LogP contribution in [0.4, 0.5) is 11.4 Å². The summed E-state index contributed by atoms with van der Waals surface area (Å²) in [5.74, 6) is -0.489. The molecular weight excluding hydrogens is 396 g/mol. The van der Waals surface area contributed by atoms with Gasteiger partial charge in [0.2, 0.25) is 0 Å². The minimum Gasteiger partial charge on any atom is -0.493 e. The molecule has 0 unspecified atom stereocenters. The number of carbonyl (C=O) groups is 2. The van der Waals surface area contributed by atoms with E-state index in [4.69, 9.17) is 14.6 Å². The fourth-order valence-corrected chi connectivity index (χ4v) is 3.64. The highest BCUT2D eigenvalue weighted by Gasteiger charge is 2.34. The van der Waals surface area contributed by atoms with Gasteiger partial charge in [0.25, 0.3) is 5.91 Å². The Morgan fingerprint density at radius 1 is 1.06 bits per heavy atom. The number of hydrogen-bond donors (Lipinski definition) is 2. The Bertz CT molecular complexity index is 1140. The summed E-state index contributed by atoms with van der Waals surface area (Å²) in [6, 6.07) is 20.3. The zero-order chi connectivity index (χ0) is 22.0. The van der Waals surface area contributed by atoms with Gasteiger partial charge in [0.05, 0.1) is 12.7 Å². The first-order chi connectivity index (χ1) is 15.0. The van der Waals surface area contributed by atoms with Crippen LogP contribution in [0.15, 0.2) is 66.7 Å². The zero-order valence-corrected chi connectivity index (χ0v) is 17.2. The van der Waals surface area contributed by atoms with E-state index in [1.165, 1.54) is 7.11 Å². The summed E-state index contributed by atoms with van der Waals surface area (Å²) in [6.45, 7) is 1.50. The van der Waals surface area contributed by atoms with Crippen molar-refractivity contribution < 1.29 is 24.2 Å². The van der Waals surface area contributed by atoms with Crippen molar-refractivity contribution in [3.63, 3.8) is 0 Å². The molecule has 0 radical (unpaired) electrons. The summed E-state index contributed by atoms with van der Waals surface area (Å²) in [5, 5.41) is 12.3. The molecule has 1 aliphatic heterocycles. The summed E-state index contributed by atoms with van der Waals surface area (Å²) in [5.41, 5.74) is 3.91. The Hall–Kier alpha value is -4.00. The van der Waals surface area contributed by atoms with Crippen molar-refractivity contribution in [2.24, 2.45) is 0 Å². The number of rotatable bonds is 6. The summed E-state index contributed by atoms with van der Waals surface area (Å²) in [4.78, 5) is 26.0. The normalized spacial score (nSPS) is 15.1. The molecule has 0 saturated carbocycles. The van der Waals surface area contributed by atoms with Gasteiger partial charge in [0.1, 0.15) is 6.17 Å². The summed E-state index contributed by atoms with van der Waals surface area (Å²) in [7, 11) is 1.49. The first kappa shape index (κ1) is 20.3. The Balaban J connectivity index is 1.79. The van der Waals surface area contributed by atoms with Crippen molar-refractivity contribution in [1.29, 1.82) is 0 Å². The third kappa shape index (κ3) is 4.02. The number of carboxylic acid groups (broad SMARTS) is 1. The number of nitrogens with zero attached hydrogens (tertiary/aromatic N) is 1. The van der Waals surface area contributed by atoms with Gasteiger partial charge in [0, 0.05) is 11.4 Å². The number of methoxy groups -OCH3 is 1.